The van der Waals surface area contributed by atoms with Crippen molar-refractivity contribution in [2.24, 2.45) is 0 Å². The second-order valence-corrected chi connectivity index (χ2v) is 4.13. The summed E-state index contributed by atoms with van der Waals surface area (Å²) in [5, 5.41) is 10.4. The Morgan fingerprint density at radius 1 is 1.14 bits per heavy atom. The van der Waals surface area contributed by atoms with Crippen molar-refractivity contribution < 1.29 is 33.6 Å². The summed E-state index contributed by atoms with van der Waals surface area (Å²) in [5.41, 5.74) is -0.0208. The number of carbonyl (C=O) groups is 2. The molecule has 7 heteroatoms. The molecule has 7 nitrogen and oxygen atoms in total. The van der Waals surface area contributed by atoms with E-state index in [4.69, 9.17) is 9.47 Å². The molecule has 2 rings (SSSR count). The molecule has 0 aromatic heterocycles. The molecular formula is C14H14O7. The second kappa shape index (κ2) is 5.84. The fourth-order valence-electron chi connectivity index (χ4n) is 1.96. The van der Waals surface area contributed by atoms with Crippen molar-refractivity contribution in [3.63, 3.8) is 0 Å². The lowest BCUT2D eigenvalue weighted by Crippen LogP contribution is -2.26. The molecule has 1 atom stereocenters. The predicted octanol–water partition coefficient (Wildman–Crippen LogP) is 0.721. The summed E-state index contributed by atoms with van der Waals surface area (Å²) in [4.78, 5) is 23.5. The van der Waals surface area contributed by atoms with E-state index in [0.717, 1.165) is 14.2 Å². The minimum atomic E-state index is -1.38. The van der Waals surface area contributed by atoms with Crippen LogP contribution >= 0.6 is 0 Å². The first-order valence-corrected chi connectivity index (χ1v) is 5.98. The number of esters is 2. The van der Waals surface area contributed by atoms with Gasteiger partial charge in [0.1, 0.15) is 23.2 Å². The number of aliphatic hydroxyl groups is 1. The number of benzene rings is 1. The molecule has 0 amide bonds. The third-order valence-electron chi connectivity index (χ3n) is 3.02. The Balaban J connectivity index is 2.57. The molecule has 1 heterocycles. The van der Waals surface area contributed by atoms with Gasteiger partial charge in [0.25, 0.3) is 0 Å². The minimum absolute atomic E-state index is 0.233. The molecule has 0 spiro atoms. The third-order valence-corrected chi connectivity index (χ3v) is 3.02. The van der Waals surface area contributed by atoms with E-state index in [2.05, 4.69) is 9.47 Å². The van der Waals surface area contributed by atoms with E-state index in [9.17, 15) is 14.7 Å². The molecule has 1 N–H and O–H groups in total. The van der Waals surface area contributed by atoms with Gasteiger partial charge in [-0.2, -0.15) is 0 Å². The summed E-state index contributed by atoms with van der Waals surface area (Å²) in [6, 6.07) is 4.63. The summed E-state index contributed by atoms with van der Waals surface area (Å²) in [5.74, 6) is -1.44. The highest BCUT2D eigenvalue weighted by Gasteiger charge is 2.37. The van der Waals surface area contributed by atoms with Crippen molar-refractivity contribution in [3.8, 4) is 11.5 Å². The van der Waals surface area contributed by atoms with Gasteiger partial charge in [-0.3, -0.25) is 0 Å². The number of aliphatic hydroxyl groups excluding tert-OH is 1. The largest absolute Gasteiger partial charge is 0.497 e. The van der Waals surface area contributed by atoms with Gasteiger partial charge >= 0.3 is 11.9 Å². The van der Waals surface area contributed by atoms with Crippen molar-refractivity contribution in [1.82, 2.24) is 0 Å². The lowest BCUT2D eigenvalue weighted by molar-refractivity contribution is -0.142. The van der Waals surface area contributed by atoms with Gasteiger partial charge in [-0.15, -0.1) is 0 Å². The summed E-state index contributed by atoms with van der Waals surface area (Å²) in [6.07, 6.45) is -1.38. The Kier molecular flexibility index (Phi) is 4.13. The summed E-state index contributed by atoms with van der Waals surface area (Å²) in [6.45, 7) is 0. The number of fused-ring (bicyclic) bond motifs is 1. The molecule has 0 saturated heterocycles. The van der Waals surface area contributed by atoms with Crippen LogP contribution in [0.2, 0.25) is 0 Å². The van der Waals surface area contributed by atoms with E-state index in [0.29, 0.717) is 11.3 Å². The van der Waals surface area contributed by atoms with E-state index in [1.165, 1.54) is 19.2 Å². The standard InChI is InChI=1S/C14H14O7/c1-18-7-4-5-9-8(6-7)11(15)10(13(16)19-2)12(21-9)14(17)20-3/h4-6,11,15H,1-3H3. The molecule has 0 saturated carbocycles. The quantitative estimate of drug-likeness (QED) is 0.821. The van der Waals surface area contributed by atoms with E-state index in [1.807, 2.05) is 0 Å². The fraction of sp³-hybridized carbons (Fsp3) is 0.286. The molecule has 112 valence electrons. The Hall–Kier alpha value is -2.54. The molecule has 21 heavy (non-hydrogen) atoms. The van der Waals surface area contributed by atoms with Crippen LogP contribution in [0.4, 0.5) is 0 Å². The van der Waals surface area contributed by atoms with Gasteiger partial charge in [0.15, 0.2) is 0 Å². The van der Waals surface area contributed by atoms with Gasteiger partial charge in [0, 0.05) is 5.56 Å². The van der Waals surface area contributed by atoms with Gasteiger partial charge in [-0.1, -0.05) is 0 Å². The summed E-state index contributed by atoms with van der Waals surface area (Å²) >= 11 is 0. The van der Waals surface area contributed by atoms with Gasteiger partial charge in [-0.25, -0.2) is 9.59 Å². The second-order valence-electron chi connectivity index (χ2n) is 4.13. The highest BCUT2D eigenvalue weighted by Crippen LogP contribution is 2.40. The fourth-order valence-corrected chi connectivity index (χ4v) is 1.96. The molecule has 1 aromatic carbocycles. The molecule has 1 unspecified atom stereocenters. The van der Waals surface area contributed by atoms with Crippen LogP contribution in [0.25, 0.3) is 0 Å². The number of hydrogen-bond acceptors (Lipinski definition) is 7. The number of ether oxygens (including phenoxy) is 4. The maximum absolute atomic E-state index is 11.8. The maximum Gasteiger partial charge on any atom is 0.374 e. The molecule has 0 bridgehead atoms. The summed E-state index contributed by atoms with van der Waals surface area (Å²) in [7, 11) is 3.75. The normalized spacial score (nSPS) is 16.7. The molecule has 1 aliphatic heterocycles. The summed E-state index contributed by atoms with van der Waals surface area (Å²) < 4.78 is 19.6. The Morgan fingerprint density at radius 2 is 1.81 bits per heavy atom. The van der Waals surface area contributed by atoms with Crippen LogP contribution in [0, 0.1) is 0 Å². The van der Waals surface area contributed by atoms with Crippen LogP contribution in [-0.4, -0.2) is 38.4 Å². The van der Waals surface area contributed by atoms with Crippen LogP contribution in [0.5, 0.6) is 11.5 Å². The van der Waals surface area contributed by atoms with E-state index < -0.39 is 23.8 Å². The number of carbonyl (C=O) groups excluding carboxylic acids is 2. The topological polar surface area (TPSA) is 91.3 Å². The van der Waals surface area contributed by atoms with Gasteiger partial charge in [0.2, 0.25) is 5.76 Å². The molecule has 1 aliphatic rings. The lowest BCUT2D eigenvalue weighted by Gasteiger charge is -2.25. The van der Waals surface area contributed by atoms with Gasteiger partial charge in [-0.05, 0) is 18.2 Å². The SMILES string of the molecule is COC(=O)C1=C(C(=O)OC)C(O)c2cc(OC)ccc2O1. The van der Waals surface area contributed by atoms with E-state index in [-0.39, 0.29) is 11.3 Å². The first-order chi connectivity index (χ1) is 10.0. The van der Waals surface area contributed by atoms with Crippen LogP contribution in [0.15, 0.2) is 29.5 Å². The molecule has 1 aromatic rings. The van der Waals surface area contributed by atoms with Crippen molar-refractivity contribution in [2.45, 2.75) is 6.10 Å². The molecule has 0 aliphatic carbocycles. The Bertz CT molecular complexity index is 618. The van der Waals surface area contributed by atoms with Gasteiger partial charge < -0.3 is 24.1 Å². The van der Waals surface area contributed by atoms with Crippen molar-refractivity contribution in [1.29, 1.82) is 0 Å². The highest BCUT2D eigenvalue weighted by molar-refractivity contribution is 6.01. The zero-order chi connectivity index (χ0) is 15.6. The highest BCUT2D eigenvalue weighted by atomic mass is 16.6. The first-order valence-electron chi connectivity index (χ1n) is 5.98. The molecular weight excluding hydrogens is 280 g/mol. The van der Waals surface area contributed by atoms with Crippen LogP contribution in [0.3, 0.4) is 0 Å². The van der Waals surface area contributed by atoms with E-state index >= 15 is 0 Å². The van der Waals surface area contributed by atoms with Crippen molar-refractivity contribution in [3.05, 3.63) is 35.1 Å². The van der Waals surface area contributed by atoms with Crippen molar-refractivity contribution >= 4 is 11.9 Å². The zero-order valence-corrected chi connectivity index (χ0v) is 11.7. The van der Waals surface area contributed by atoms with Crippen molar-refractivity contribution in [2.75, 3.05) is 21.3 Å². The third kappa shape index (κ3) is 2.55. The average molecular weight is 294 g/mol. The van der Waals surface area contributed by atoms with Crippen LogP contribution in [0.1, 0.15) is 11.7 Å². The van der Waals surface area contributed by atoms with E-state index in [1.54, 1.807) is 6.07 Å². The average Bonchev–Trinajstić information content (AvgIpc) is 2.52. The number of hydrogen-bond donors (Lipinski definition) is 1. The zero-order valence-electron chi connectivity index (χ0n) is 11.7. The molecule has 0 radical (unpaired) electrons. The lowest BCUT2D eigenvalue weighted by atomic mass is 9.96. The minimum Gasteiger partial charge on any atom is -0.497 e. The number of rotatable bonds is 3. The maximum atomic E-state index is 11.8. The smallest absolute Gasteiger partial charge is 0.374 e. The number of methoxy groups -OCH3 is 3. The van der Waals surface area contributed by atoms with Crippen LogP contribution in [-0.2, 0) is 19.1 Å². The Morgan fingerprint density at radius 3 is 2.38 bits per heavy atom. The first kappa shape index (κ1) is 14.9. The predicted molar refractivity (Wildman–Crippen MR) is 69.6 cm³/mol. The Labute approximate surface area is 120 Å². The molecule has 0 fully saturated rings. The van der Waals surface area contributed by atoms with Gasteiger partial charge in [0.05, 0.1) is 21.3 Å². The monoisotopic (exact) mass is 294 g/mol. The van der Waals surface area contributed by atoms with Crippen LogP contribution < -0.4 is 9.47 Å².